The molecule has 4 rings (SSSR count). The van der Waals surface area contributed by atoms with Crippen LogP contribution in [-0.4, -0.2) is 10.7 Å². The molecule has 2 nitrogen and oxygen atoms in total. The van der Waals surface area contributed by atoms with Gasteiger partial charge in [-0.15, -0.1) is 0 Å². The van der Waals surface area contributed by atoms with E-state index in [1.165, 1.54) is 16.7 Å². The van der Waals surface area contributed by atoms with Gasteiger partial charge >= 0.3 is 0 Å². The second-order valence-corrected chi connectivity index (χ2v) is 8.00. The van der Waals surface area contributed by atoms with Crippen LogP contribution in [0.25, 0.3) is 0 Å². The lowest BCUT2D eigenvalue weighted by Gasteiger charge is -2.49. The third kappa shape index (κ3) is 3.89. The van der Waals surface area contributed by atoms with E-state index in [0.717, 1.165) is 6.42 Å². The number of benzene rings is 3. The molecule has 28 heavy (non-hydrogen) atoms. The molecule has 0 bridgehead atoms. The van der Waals surface area contributed by atoms with Crippen molar-refractivity contribution in [1.82, 2.24) is 5.32 Å². The van der Waals surface area contributed by atoms with Crippen molar-refractivity contribution in [2.24, 2.45) is 5.92 Å². The van der Waals surface area contributed by atoms with Crippen molar-refractivity contribution in [3.05, 3.63) is 108 Å². The van der Waals surface area contributed by atoms with Crippen molar-refractivity contribution in [2.75, 3.05) is 0 Å². The molecule has 1 heterocycles. The summed E-state index contributed by atoms with van der Waals surface area (Å²) in [4.78, 5) is 0. The number of nitrogens with one attached hydrogen (secondary N) is 1. The summed E-state index contributed by atoms with van der Waals surface area (Å²) in [5.74, 6) is 0.148. The summed E-state index contributed by atoms with van der Waals surface area (Å²) in [7, 11) is 0. The zero-order valence-corrected chi connectivity index (χ0v) is 16.5. The van der Waals surface area contributed by atoms with Crippen LogP contribution >= 0.6 is 0 Å². The van der Waals surface area contributed by atoms with E-state index < -0.39 is 5.60 Å². The van der Waals surface area contributed by atoms with Gasteiger partial charge in [-0.1, -0.05) is 97.9 Å². The maximum Gasteiger partial charge on any atom is 0.0752 e. The van der Waals surface area contributed by atoms with Gasteiger partial charge in [-0.2, -0.15) is 0 Å². The largest absolute Gasteiger partial charge is 0.389 e. The zero-order valence-electron chi connectivity index (χ0n) is 16.5. The summed E-state index contributed by atoms with van der Waals surface area (Å²) in [6, 6.07) is 31.8. The van der Waals surface area contributed by atoms with E-state index in [9.17, 15) is 5.11 Å². The van der Waals surface area contributed by atoms with E-state index in [1.54, 1.807) is 0 Å². The molecule has 4 atom stereocenters. The van der Waals surface area contributed by atoms with Crippen LogP contribution in [0.15, 0.2) is 91.0 Å². The van der Waals surface area contributed by atoms with Gasteiger partial charge in [0.05, 0.1) is 5.60 Å². The molecule has 1 saturated heterocycles. The molecular weight excluding hydrogens is 342 g/mol. The highest BCUT2D eigenvalue weighted by atomic mass is 16.3. The number of aliphatic hydroxyl groups is 1. The Morgan fingerprint density at radius 2 is 1.36 bits per heavy atom. The van der Waals surface area contributed by atoms with Crippen LogP contribution < -0.4 is 5.32 Å². The number of hydrogen-bond acceptors (Lipinski definition) is 2. The molecule has 144 valence electrons. The van der Waals surface area contributed by atoms with E-state index in [-0.39, 0.29) is 18.0 Å². The standard InChI is InChI=1S/C26H29NO/c1-2-23-25(22-16-10-5-11-17-22)27-24(21-14-8-4-9-15-21)19-26(23,28)18-20-12-6-3-7-13-20/h3-17,23-25,27-28H,2,18-19H2,1H3/t23-,24-,25+,26-/m0/s1. The van der Waals surface area contributed by atoms with Crippen molar-refractivity contribution in [2.45, 2.75) is 43.9 Å². The second kappa shape index (κ2) is 8.30. The molecule has 1 fully saturated rings. The van der Waals surface area contributed by atoms with Crippen molar-refractivity contribution >= 4 is 0 Å². The molecule has 0 unspecified atom stereocenters. The molecular formula is C26H29NO. The fourth-order valence-corrected chi connectivity index (χ4v) is 4.86. The highest BCUT2D eigenvalue weighted by molar-refractivity contribution is 5.28. The molecule has 0 aliphatic carbocycles. The van der Waals surface area contributed by atoms with Gasteiger partial charge < -0.3 is 10.4 Å². The Hall–Kier alpha value is -2.42. The fraction of sp³-hybridized carbons (Fsp3) is 0.308. The van der Waals surface area contributed by atoms with Gasteiger partial charge in [0.1, 0.15) is 0 Å². The van der Waals surface area contributed by atoms with E-state index >= 15 is 0 Å². The minimum absolute atomic E-state index is 0.124. The molecule has 1 aliphatic heterocycles. The predicted molar refractivity (Wildman–Crippen MR) is 115 cm³/mol. The maximum absolute atomic E-state index is 12.0. The Labute approximate surface area is 168 Å². The molecule has 2 N–H and O–H groups in total. The number of hydrogen-bond donors (Lipinski definition) is 2. The van der Waals surface area contributed by atoms with E-state index in [1.807, 2.05) is 12.1 Å². The molecule has 2 heteroatoms. The van der Waals surface area contributed by atoms with Gasteiger partial charge in [0.15, 0.2) is 0 Å². The summed E-state index contributed by atoms with van der Waals surface area (Å²) >= 11 is 0. The second-order valence-electron chi connectivity index (χ2n) is 8.00. The average Bonchev–Trinajstić information content (AvgIpc) is 2.75. The summed E-state index contributed by atoms with van der Waals surface area (Å²) in [5.41, 5.74) is 2.93. The first-order valence-electron chi connectivity index (χ1n) is 10.3. The third-order valence-electron chi connectivity index (χ3n) is 6.18. The minimum Gasteiger partial charge on any atom is -0.389 e. The molecule has 1 aliphatic rings. The monoisotopic (exact) mass is 371 g/mol. The van der Waals surface area contributed by atoms with Gasteiger partial charge in [0.2, 0.25) is 0 Å². The Balaban J connectivity index is 1.73. The normalized spacial score (nSPS) is 27.4. The molecule has 0 spiro atoms. The Bertz CT molecular complexity index is 865. The highest BCUT2D eigenvalue weighted by Gasteiger charge is 2.47. The van der Waals surface area contributed by atoms with Crippen LogP contribution in [0.1, 0.15) is 48.5 Å². The van der Waals surface area contributed by atoms with Gasteiger partial charge in [0, 0.05) is 24.4 Å². The van der Waals surface area contributed by atoms with Crippen LogP contribution in [0.4, 0.5) is 0 Å². The van der Waals surface area contributed by atoms with Crippen LogP contribution in [0.3, 0.4) is 0 Å². The summed E-state index contributed by atoms with van der Waals surface area (Å²) in [5, 5.41) is 15.9. The quantitative estimate of drug-likeness (QED) is 0.624. The van der Waals surface area contributed by atoms with Crippen molar-refractivity contribution in [1.29, 1.82) is 0 Å². The smallest absolute Gasteiger partial charge is 0.0752 e. The number of piperidine rings is 1. The lowest BCUT2D eigenvalue weighted by Crippen LogP contribution is -2.54. The van der Waals surface area contributed by atoms with Crippen LogP contribution in [-0.2, 0) is 6.42 Å². The summed E-state index contributed by atoms with van der Waals surface area (Å²) < 4.78 is 0. The molecule has 0 amide bonds. The number of rotatable bonds is 5. The van der Waals surface area contributed by atoms with Crippen LogP contribution in [0, 0.1) is 5.92 Å². The van der Waals surface area contributed by atoms with E-state index in [0.29, 0.717) is 12.8 Å². The molecule has 0 saturated carbocycles. The Kier molecular flexibility index (Phi) is 5.61. The first kappa shape index (κ1) is 18.9. The first-order valence-corrected chi connectivity index (χ1v) is 10.3. The van der Waals surface area contributed by atoms with Gasteiger partial charge in [0.25, 0.3) is 0 Å². The Morgan fingerprint density at radius 1 is 0.821 bits per heavy atom. The van der Waals surface area contributed by atoms with Gasteiger partial charge in [-0.25, -0.2) is 0 Å². The van der Waals surface area contributed by atoms with Crippen molar-refractivity contribution in [3.8, 4) is 0 Å². The predicted octanol–water partition coefficient (Wildman–Crippen LogP) is 5.46. The molecule has 3 aromatic rings. The third-order valence-corrected chi connectivity index (χ3v) is 6.18. The van der Waals surface area contributed by atoms with Crippen LogP contribution in [0.2, 0.25) is 0 Å². The summed E-state index contributed by atoms with van der Waals surface area (Å²) in [6.07, 6.45) is 2.33. The van der Waals surface area contributed by atoms with Crippen LogP contribution in [0.5, 0.6) is 0 Å². The van der Waals surface area contributed by atoms with Gasteiger partial charge in [-0.05, 0) is 29.5 Å². The average molecular weight is 372 g/mol. The topological polar surface area (TPSA) is 32.3 Å². The first-order chi connectivity index (χ1) is 13.7. The maximum atomic E-state index is 12.0. The molecule has 3 aromatic carbocycles. The SMILES string of the molecule is CC[C@H]1[C@@H](c2ccccc2)N[C@H](c2ccccc2)C[C@@]1(O)Cc1ccccc1. The molecule has 0 radical (unpaired) electrons. The Morgan fingerprint density at radius 3 is 1.93 bits per heavy atom. The highest BCUT2D eigenvalue weighted by Crippen LogP contribution is 2.46. The lowest BCUT2D eigenvalue weighted by atomic mass is 9.67. The minimum atomic E-state index is -0.762. The zero-order chi connectivity index (χ0) is 19.4. The van der Waals surface area contributed by atoms with Gasteiger partial charge in [-0.3, -0.25) is 0 Å². The lowest BCUT2D eigenvalue weighted by molar-refractivity contribution is -0.0761. The van der Waals surface area contributed by atoms with E-state index in [4.69, 9.17) is 0 Å². The fourth-order valence-electron chi connectivity index (χ4n) is 4.86. The van der Waals surface area contributed by atoms with Crippen molar-refractivity contribution < 1.29 is 5.11 Å². The summed E-state index contributed by atoms with van der Waals surface area (Å²) in [6.45, 7) is 2.20. The van der Waals surface area contributed by atoms with Crippen molar-refractivity contribution in [3.63, 3.8) is 0 Å². The molecule has 0 aromatic heterocycles. The van der Waals surface area contributed by atoms with E-state index in [2.05, 4.69) is 91.1 Å².